The van der Waals surface area contributed by atoms with Crippen LogP contribution < -0.4 is 10.1 Å². The molecular weight excluding hydrogens is 210 g/mol. The lowest BCUT2D eigenvalue weighted by Gasteiger charge is -2.09. The van der Waals surface area contributed by atoms with Crippen LogP contribution in [0.5, 0.6) is 5.75 Å². The predicted molar refractivity (Wildman–Crippen MR) is 64.8 cm³/mol. The summed E-state index contributed by atoms with van der Waals surface area (Å²) in [7, 11) is 0. The second-order valence-electron chi connectivity index (χ2n) is 3.25. The molecule has 0 aliphatic rings. The Bertz CT molecular complexity index is 325. The van der Waals surface area contributed by atoms with Crippen LogP contribution in [0.15, 0.2) is 30.9 Å². The minimum Gasteiger partial charge on any atom is -0.492 e. The van der Waals surface area contributed by atoms with Crippen molar-refractivity contribution in [3.8, 4) is 5.75 Å². The van der Waals surface area contributed by atoms with Gasteiger partial charge >= 0.3 is 0 Å². The van der Waals surface area contributed by atoms with Crippen molar-refractivity contribution in [1.29, 1.82) is 0 Å². The molecule has 0 unspecified atom stereocenters. The van der Waals surface area contributed by atoms with Gasteiger partial charge in [-0.15, -0.1) is 6.58 Å². The van der Waals surface area contributed by atoms with Gasteiger partial charge in [0.05, 0.1) is 0 Å². The SMILES string of the molecule is C=CCNCCOc1ccc(Cl)cc1C. The third-order valence-electron chi connectivity index (χ3n) is 1.96. The Labute approximate surface area is 95.9 Å². The van der Waals surface area contributed by atoms with E-state index < -0.39 is 0 Å². The van der Waals surface area contributed by atoms with Gasteiger partial charge in [0.15, 0.2) is 0 Å². The Morgan fingerprint density at radius 2 is 2.33 bits per heavy atom. The normalized spacial score (nSPS) is 10.0. The molecule has 0 fully saturated rings. The quantitative estimate of drug-likeness (QED) is 0.594. The molecule has 0 atom stereocenters. The number of hydrogen-bond acceptors (Lipinski definition) is 2. The molecule has 0 heterocycles. The van der Waals surface area contributed by atoms with Gasteiger partial charge < -0.3 is 10.1 Å². The zero-order valence-electron chi connectivity index (χ0n) is 8.92. The van der Waals surface area contributed by atoms with Crippen LogP contribution in [0.3, 0.4) is 0 Å². The Balaban J connectivity index is 2.34. The third kappa shape index (κ3) is 4.36. The first-order valence-corrected chi connectivity index (χ1v) is 5.32. The summed E-state index contributed by atoms with van der Waals surface area (Å²) in [5.74, 6) is 0.889. The van der Waals surface area contributed by atoms with Gasteiger partial charge in [-0.25, -0.2) is 0 Å². The molecule has 0 saturated carbocycles. The first-order valence-electron chi connectivity index (χ1n) is 4.94. The molecule has 82 valence electrons. The van der Waals surface area contributed by atoms with Gasteiger partial charge in [0.25, 0.3) is 0 Å². The Hall–Kier alpha value is -0.990. The van der Waals surface area contributed by atoms with Gasteiger partial charge in [-0.3, -0.25) is 0 Å². The van der Waals surface area contributed by atoms with Gasteiger partial charge in [0.2, 0.25) is 0 Å². The highest BCUT2D eigenvalue weighted by Crippen LogP contribution is 2.21. The maximum absolute atomic E-state index is 5.84. The van der Waals surface area contributed by atoms with E-state index in [9.17, 15) is 0 Å². The first-order chi connectivity index (χ1) is 7.24. The highest BCUT2D eigenvalue weighted by molar-refractivity contribution is 6.30. The molecule has 0 aromatic heterocycles. The Morgan fingerprint density at radius 3 is 3.00 bits per heavy atom. The van der Waals surface area contributed by atoms with E-state index in [0.717, 1.165) is 29.4 Å². The summed E-state index contributed by atoms with van der Waals surface area (Å²) < 4.78 is 5.58. The molecule has 0 amide bonds. The van der Waals surface area contributed by atoms with Crippen molar-refractivity contribution in [3.63, 3.8) is 0 Å². The maximum Gasteiger partial charge on any atom is 0.122 e. The van der Waals surface area contributed by atoms with Crippen molar-refractivity contribution in [3.05, 3.63) is 41.4 Å². The van der Waals surface area contributed by atoms with Crippen LogP contribution in [0.2, 0.25) is 5.02 Å². The van der Waals surface area contributed by atoms with Crippen LogP contribution in [0.1, 0.15) is 5.56 Å². The van der Waals surface area contributed by atoms with Crippen molar-refractivity contribution >= 4 is 11.6 Å². The van der Waals surface area contributed by atoms with Crippen molar-refractivity contribution in [2.45, 2.75) is 6.92 Å². The molecule has 1 rings (SSSR count). The molecule has 3 heteroatoms. The fourth-order valence-corrected chi connectivity index (χ4v) is 1.44. The maximum atomic E-state index is 5.84. The summed E-state index contributed by atoms with van der Waals surface area (Å²) in [6.45, 7) is 7.88. The molecule has 0 bridgehead atoms. The summed E-state index contributed by atoms with van der Waals surface area (Å²) in [5, 5.41) is 3.91. The molecule has 0 aliphatic heterocycles. The van der Waals surface area contributed by atoms with E-state index >= 15 is 0 Å². The van der Waals surface area contributed by atoms with Gasteiger partial charge in [0.1, 0.15) is 12.4 Å². The number of aryl methyl sites for hydroxylation is 1. The standard InChI is InChI=1S/C12H16ClNO/c1-3-6-14-7-8-15-12-5-4-11(13)9-10(12)2/h3-5,9,14H,1,6-8H2,2H3. The third-order valence-corrected chi connectivity index (χ3v) is 2.20. The second-order valence-corrected chi connectivity index (χ2v) is 3.69. The molecule has 0 spiro atoms. The molecule has 1 N–H and O–H groups in total. The number of rotatable bonds is 6. The summed E-state index contributed by atoms with van der Waals surface area (Å²) in [6.07, 6.45) is 1.83. The number of nitrogens with one attached hydrogen (secondary N) is 1. The average molecular weight is 226 g/mol. The first kappa shape index (κ1) is 12.1. The monoisotopic (exact) mass is 225 g/mol. The molecule has 1 aromatic carbocycles. The summed E-state index contributed by atoms with van der Waals surface area (Å²) in [5.41, 5.74) is 1.06. The molecule has 15 heavy (non-hydrogen) atoms. The Kier molecular flexibility index (Phi) is 5.22. The number of hydrogen-bond donors (Lipinski definition) is 1. The molecule has 0 radical (unpaired) electrons. The summed E-state index contributed by atoms with van der Waals surface area (Å²) in [4.78, 5) is 0. The highest BCUT2D eigenvalue weighted by atomic mass is 35.5. The molecule has 0 aliphatic carbocycles. The van der Waals surface area contributed by atoms with E-state index in [-0.39, 0.29) is 0 Å². The van der Waals surface area contributed by atoms with Crippen LogP contribution in [0.4, 0.5) is 0 Å². The molecule has 2 nitrogen and oxygen atoms in total. The lowest BCUT2D eigenvalue weighted by atomic mass is 10.2. The zero-order chi connectivity index (χ0) is 11.1. The van der Waals surface area contributed by atoms with E-state index in [2.05, 4.69) is 11.9 Å². The largest absolute Gasteiger partial charge is 0.492 e. The number of ether oxygens (including phenoxy) is 1. The minimum atomic E-state index is 0.649. The lowest BCUT2D eigenvalue weighted by Crippen LogP contribution is -2.20. The predicted octanol–water partition coefficient (Wildman–Crippen LogP) is 2.80. The van der Waals surface area contributed by atoms with Gasteiger partial charge in [-0.05, 0) is 30.7 Å². The van der Waals surface area contributed by atoms with Crippen LogP contribution >= 0.6 is 11.6 Å². The van der Waals surface area contributed by atoms with Gasteiger partial charge in [0, 0.05) is 18.1 Å². The zero-order valence-corrected chi connectivity index (χ0v) is 9.68. The summed E-state index contributed by atoms with van der Waals surface area (Å²) in [6, 6.07) is 5.63. The van der Waals surface area contributed by atoms with Crippen LogP contribution in [0, 0.1) is 6.92 Å². The number of halogens is 1. The van der Waals surface area contributed by atoms with Crippen LogP contribution in [-0.2, 0) is 0 Å². The fourth-order valence-electron chi connectivity index (χ4n) is 1.21. The van der Waals surface area contributed by atoms with Crippen LogP contribution in [0.25, 0.3) is 0 Å². The van der Waals surface area contributed by atoms with E-state index in [1.807, 2.05) is 31.2 Å². The van der Waals surface area contributed by atoms with E-state index in [1.54, 1.807) is 0 Å². The molecule has 0 saturated heterocycles. The fraction of sp³-hybridized carbons (Fsp3) is 0.333. The molecule has 1 aromatic rings. The second kappa shape index (κ2) is 6.49. The number of benzene rings is 1. The smallest absolute Gasteiger partial charge is 0.122 e. The van der Waals surface area contributed by atoms with Crippen molar-refractivity contribution < 1.29 is 4.74 Å². The van der Waals surface area contributed by atoms with E-state index in [1.165, 1.54) is 0 Å². The van der Waals surface area contributed by atoms with E-state index in [0.29, 0.717) is 6.61 Å². The van der Waals surface area contributed by atoms with Crippen molar-refractivity contribution in [2.24, 2.45) is 0 Å². The van der Waals surface area contributed by atoms with Gasteiger partial charge in [-0.2, -0.15) is 0 Å². The van der Waals surface area contributed by atoms with E-state index in [4.69, 9.17) is 16.3 Å². The lowest BCUT2D eigenvalue weighted by molar-refractivity contribution is 0.314. The van der Waals surface area contributed by atoms with Gasteiger partial charge in [-0.1, -0.05) is 17.7 Å². The average Bonchev–Trinajstić information content (AvgIpc) is 2.20. The summed E-state index contributed by atoms with van der Waals surface area (Å²) >= 11 is 5.84. The van der Waals surface area contributed by atoms with Crippen LogP contribution in [-0.4, -0.2) is 19.7 Å². The Morgan fingerprint density at radius 1 is 1.53 bits per heavy atom. The highest BCUT2D eigenvalue weighted by Gasteiger charge is 1.99. The topological polar surface area (TPSA) is 21.3 Å². The van der Waals surface area contributed by atoms with Crippen molar-refractivity contribution in [1.82, 2.24) is 5.32 Å². The minimum absolute atomic E-state index is 0.649. The molecular formula is C12H16ClNO. The van der Waals surface area contributed by atoms with Crippen molar-refractivity contribution in [2.75, 3.05) is 19.7 Å².